The van der Waals surface area contributed by atoms with Gasteiger partial charge in [-0.2, -0.15) is 0 Å². The minimum atomic E-state index is 0.516. The highest BCUT2D eigenvalue weighted by Gasteiger charge is 2.34. The van der Waals surface area contributed by atoms with Gasteiger partial charge in [-0.05, 0) is 38.0 Å². The van der Waals surface area contributed by atoms with E-state index in [0.29, 0.717) is 17.5 Å². The molecule has 1 aliphatic rings. The molecule has 0 aromatic carbocycles. The van der Waals surface area contributed by atoms with Crippen molar-refractivity contribution < 1.29 is 0 Å². The predicted molar refractivity (Wildman–Crippen MR) is 90.2 cm³/mol. The van der Waals surface area contributed by atoms with Crippen LogP contribution in [0.25, 0.3) is 0 Å². The fourth-order valence-electron chi connectivity index (χ4n) is 3.47. The molecule has 0 aromatic rings. The highest BCUT2D eigenvalue weighted by molar-refractivity contribution is 4.89. The molecule has 20 heavy (non-hydrogen) atoms. The highest BCUT2D eigenvalue weighted by atomic mass is 15.2. The molecule has 0 amide bonds. The smallest absolute Gasteiger partial charge is 0.00530 e. The van der Waals surface area contributed by atoms with Gasteiger partial charge in [-0.3, -0.25) is 0 Å². The van der Waals surface area contributed by atoms with Gasteiger partial charge in [-0.25, -0.2) is 0 Å². The van der Waals surface area contributed by atoms with Crippen molar-refractivity contribution in [3.8, 4) is 0 Å². The fourth-order valence-corrected chi connectivity index (χ4v) is 3.47. The summed E-state index contributed by atoms with van der Waals surface area (Å²) in [4.78, 5) is 2.72. The molecule has 1 aliphatic carbocycles. The van der Waals surface area contributed by atoms with Gasteiger partial charge in [0, 0.05) is 31.7 Å². The molecule has 2 nitrogen and oxygen atoms in total. The van der Waals surface area contributed by atoms with Crippen molar-refractivity contribution in [1.29, 1.82) is 0 Å². The lowest BCUT2D eigenvalue weighted by atomic mass is 9.73. The summed E-state index contributed by atoms with van der Waals surface area (Å²) in [5.41, 5.74) is 0.516. The first-order valence-corrected chi connectivity index (χ1v) is 8.82. The lowest BCUT2D eigenvalue weighted by Crippen LogP contribution is -2.49. The summed E-state index contributed by atoms with van der Waals surface area (Å²) in [5, 5.41) is 3.73. The summed E-state index contributed by atoms with van der Waals surface area (Å²) in [6.07, 6.45) is 7.11. The van der Waals surface area contributed by atoms with E-state index in [1.807, 2.05) is 0 Å². The molecule has 0 heterocycles. The van der Waals surface area contributed by atoms with Crippen LogP contribution >= 0.6 is 0 Å². The zero-order valence-electron chi connectivity index (χ0n) is 14.8. The van der Waals surface area contributed by atoms with Crippen molar-refractivity contribution >= 4 is 0 Å². The Morgan fingerprint density at radius 3 is 2.00 bits per heavy atom. The van der Waals surface area contributed by atoms with E-state index in [9.17, 15) is 0 Å². The Kier molecular flexibility index (Phi) is 7.53. The van der Waals surface area contributed by atoms with E-state index < -0.39 is 0 Å². The van der Waals surface area contributed by atoms with E-state index in [-0.39, 0.29) is 0 Å². The first kappa shape index (κ1) is 18.0. The second-order valence-corrected chi connectivity index (χ2v) is 8.01. The molecule has 1 fully saturated rings. The third kappa shape index (κ3) is 6.13. The molecule has 0 atom stereocenters. The minimum absolute atomic E-state index is 0.516. The Labute approximate surface area is 127 Å². The van der Waals surface area contributed by atoms with E-state index in [4.69, 9.17) is 0 Å². The SMILES string of the molecule is CC(C)CN(CC1(CNC(C)C)CCCCC1)C(C)C. The Balaban J connectivity index is 2.70. The van der Waals surface area contributed by atoms with E-state index in [2.05, 4.69) is 51.8 Å². The van der Waals surface area contributed by atoms with Crippen molar-refractivity contribution in [2.75, 3.05) is 19.6 Å². The molecule has 0 spiro atoms. The number of nitrogens with one attached hydrogen (secondary N) is 1. The Bertz CT molecular complexity index is 252. The predicted octanol–water partition coefficient (Wildman–Crippen LogP) is 4.30. The van der Waals surface area contributed by atoms with Crippen LogP contribution in [0.15, 0.2) is 0 Å². The van der Waals surface area contributed by atoms with Crippen LogP contribution in [0.3, 0.4) is 0 Å². The first-order valence-electron chi connectivity index (χ1n) is 8.82. The van der Waals surface area contributed by atoms with Gasteiger partial charge in [0.2, 0.25) is 0 Å². The van der Waals surface area contributed by atoms with Crippen LogP contribution in [-0.4, -0.2) is 36.6 Å². The maximum absolute atomic E-state index is 3.73. The molecule has 1 N–H and O–H groups in total. The summed E-state index contributed by atoms with van der Waals surface area (Å²) in [6.45, 7) is 17.7. The Morgan fingerprint density at radius 1 is 0.950 bits per heavy atom. The molecule has 0 radical (unpaired) electrons. The molecule has 0 unspecified atom stereocenters. The Hall–Kier alpha value is -0.0800. The second-order valence-electron chi connectivity index (χ2n) is 8.01. The van der Waals surface area contributed by atoms with E-state index >= 15 is 0 Å². The van der Waals surface area contributed by atoms with Gasteiger partial charge in [0.1, 0.15) is 0 Å². The van der Waals surface area contributed by atoms with Crippen molar-refractivity contribution in [2.45, 2.75) is 85.7 Å². The summed E-state index contributed by atoms with van der Waals surface area (Å²) in [7, 11) is 0. The minimum Gasteiger partial charge on any atom is -0.314 e. The fraction of sp³-hybridized carbons (Fsp3) is 1.00. The van der Waals surface area contributed by atoms with Crippen LogP contribution in [0, 0.1) is 11.3 Å². The molecule has 0 saturated heterocycles. The van der Waals surface area contributed by atoms with Crippen LogP contribution in [0.5, 0.6) is 0 Å². The standard InChI is InChI=1S/C18H38N2/c1-15(2)12-20(17(5)6)14-18(13-19-16(3)4)10-8-7-9-11-18/h15-17,19H,7-14H2,1-6H3. The van der Waals surface area contributed by atoms with Crippen molar-refractivity contribution in [3.05, 3.63) is 0 Å². The third-order valence-electron chi connectivity index (χ3n) is 4.67. The van der Waals surface area contributed by atoms with Gasteiger partial charge in [-0.15, -0.1) is 0 Å². The topological polar surface area (TPSA) is 15.3 Å². The molecule has 1 saturated carbocycles. The summed E-state index contributed by atoms with van der Waals surface area (Å²) in [6, 6.07) is 1.27. The molecule has 120 valence electrons. The van der Waals surface area contributed by atoms with Crippen LogP contribution < -0.4 is 5.32 Å². The molecular formula is C18H38N2. The molecule has 1 rings (SSSR count). The van der Waals surface area contributed by atoms with Gasteiger partial charge in [0.25, 0.3) is 0 Å². The highest BCUT2D eigenvalue weighted by Crippen LogP contribution is 2.37. The van der Waals surface area contributed by atoms with Gasteiger partial charge in [0.15, 0.2) is 0 Å². The van der Waals surface area contributed by atoms with Crippen molar-refractivity contribution in [3.63, 3.8) is 0 Å². The normalized spacial score (nSPS) is 19.5. The zero-order chi connectivity index (χ0) is 15.2. The molecule has 0 aliphatic heterocycles. The van der Waals surface area contributed by atoms with Gasteiger partial charge in [-0.1, -0.05) is 47.0 Å². The molecular weight excluding hydrogens is 244 g/mol. The summed E-state index contributed by atoms with van der Waals surface area (Å²) < 4.78 is 0. The van der Waals surface area contributed by atoms with Crippen molar-refractivity contribution in [1.82, 2.24) is 10.2 Å². The third-order valence-corrected chi connectivity index (χ3v) is 4.67. The van der Waals surface area contributed by atoms with Crippen molar-refractivity contribution in [2.24, 2.45) is 11.3 Å². The lowest BCUT2D eigenvalue weighted by Gasteiger charge is -2.43. The van der Waals surface area contributed by atoms with Crippen LogP contribution in [0.2, 0.25) is 0 Å². The van der Waals surface area contributed by atoms with Crippen LogP contribution in [-0.2, 0) is 0 Å². The Morgan fingerprint density at radius 2 is 1.55 bits per heavy atom. The average molecular weight is 283 g/mol. The molecule has 0 aromatic heterocycles. The maximum atomic E-state index is 3.73. The monoisotopic (exact) mass is 282 g/mol. The average Bonchev–Trinajstić information content (AvgIpc) is 2.36. The molecule has 0 bridgehead atoms. The second kappa shape index (κ2) is 8.38. The number of nitrogens with zero attached hydrogens (tertiary/aromatic N) is 1. The number of hydrogen-bond donors (Lipinski definition) is 1. The van der Waals surface area contributed by atoms with Gasteiger partial charge >= 0.3 is 0 Å². The largest absolute Gasteiger partial charge is 0.314 e. The quantitative estimate of drug-likeness (QED) is 0.714. The maximum Gasteiger partial charge on any atom is 0.00530 e. The van der Waals surface area contributed by atoms with Crippen LogP contribution in [0.4, 0.5) is 0 Å². The first-order chi connectivity index (χ1) is 9.34. The number of hydrogen-bond acceptors (Lipinski definition) is 2. The van der Waals surface area contributed by atoms with E-state index in [1.165, 1.54) is 51.7 Å². The summed E-state index contributed by atoms with van der Waals surface area (Å²) in [5.74, 6) is 0.760. The van der Waals surface area contributed by atoms with E-state index in [1.54, 1.807) is 0 Å². The number of rotatable bonds is 8. The lowest BCUT2D eigenvalue weighted by molar-refractivity contribution is 0.0738. The summed E-state index contributed by atoms with van der Waals surface area (Å²) >= 11 is 0. The molecule has 2 heteroatoms. The van der Waals surface area contributed by atoms with Gasteiger partial charge in [0.05, 0.1) is 0 Å². The van der Waals surface area contributed by atoms with E-state index in [0.717, 1.165) is 5.92 Å². The van der Waals surface area contributed by atoms with Crippen LogP contribution in [0.1, 0.15) is 73.6 Å². The zero-order valence-corrected chi connectivity index (χ0v) is 14.8. The van der Waals surface area contributed by atoms with Gasteiger partial charge < -0.3 is 10.2 Å².